The summed E-state index contributed by atoms with van der Waals surface area (Å²) in [4.78, 5) is 0. The summed E-state index contributed by atoms with van der Waals surface area (Å²) in [6.07, 6.45) is 1.55. The van der Waals surface area contributed by atoms with Crippen LogP contribution in [-0.4, -0.2) is 23.0 Å². The molecule has 1 fully saturated rings. The van der Waals surface area contributed by atoms with Gasteiger partial charge in [-0.15, -0.1) is 0 Å². The maximum atomic E-state index is 2.38. The Morgan fingerprint density at radius 1 is 1.00 bits per heavy atom. The van der Waals surface area contributed by atoms with Crippen LogP contribution in [0.2, 0.25) is 0 Å². The van der Waals surface area contributed by atoms with Crippen molar-refractivity contribution < 1.29 is 0 Å². The highest BCUT2D eigenvalue weighted by atomic mass is 33.2. The van der Waals surface area contributed by atoms with Gasteiger partial charge in [0.25, 0.3) is 0 Å². The molecule has 0 radical (unpaired) electrons. The number of hydrogen-bond donors (Lipinski definition) is 2. The molecule has 0 aromatic heterocycles. The van der Waals surface area contributed by atoms with E-state index in [0.717, 1.165) is 0 Å². The van der Waals surface area contributed by atoms with Gasteiger partial charge in [-0.3, -0.25) is 0 Å². The first-order valence-electron chi connectivity index (χ1n) is 3.88. The van der Waals surface area contributed by atoms with E-state index in [4.69, 9.17) is 0 Å². The van der Waals surface area contributed by atoms with Crippen LogP contribution in [0.3, 0.4) is 0 Å². The van der Waals surface area contributed by atoms with Crippen LogP contribution in [0.5, 0.6) is 0 Å². The molecule has 2 atom stereocenters. The molecule has 2 unspecified atom stereocenters. The molecular weight excluding hydrogens is 148 g/mol. The fourth-order valence-corrected chi connectivity index (χ4v) is 9.67. The lowest BCUT2D eigenvalue weighted by atomic mass is 10.6. The number of rotatable bonds is 2. The molecule has 2 heteroatoms. The monoisotopic (exact) mass is 166 g/mol. The third kappa shape index (κ3) is 1.81. The third-order valence-corrected chi connectivity index (χ3v) is 11.2. The van der Waals surface area contributed by atoms with E-state index in [0.29, 0.717) is 19.9 Å². The lowest BCUT2D eigenvalue weighted by molar-refractivity contribution is 1.13. The largest absolute Gasteiger partial charge is 0.224 e. The normalized spacial score (nSPS) is 43.3. The Morgan fingerprint density at radius 2 is 1.44 bits per heavy atom. The molecule has 0 spiro atoms. The molecule has 0 bridgehead atoms. The second-order valence-electron chi connectivity index (χ2n) is 2.45. The topological polar surface area (TPSA) is 0 Å². The van der Waals surface area contributed by atoms with Crippen LogP contribution >= 0.6 is 19.9 Å². The highest BCUT2D eigenvalue weighted by Gasteiger charge is 2.16. The SMILES string of the molecule is CC[SH]1CCC[SH]1CC. The summed E-state index contributed by atoms with van der Waals surface area (Å²) < 4.78 is 0. The average molecular weight is 166 g/mol. The first kappa shape index (κ1) is 7.80. The van der Waals surface area contributed by atoms with E-state index >= 15 is 0 Å². The van der Waals surface area contributed by atoms with Crippen molar-refractivity contribution in [2.24, 2.45) is 0 Å². The molecule has 1 saturated heterocycles. The average Bonchev–Trinajstić information content (AvgIpc) is 2.33. The maximum absolute atomic E-state index is 2.38. The smallest absolute Gasteiger partial charge is 0.0175 e. The Morgan fingerprint density at radius 3 is 1.78 bits per heavy atom. The van der Waals surface area contributed by atoms with Gasteiger partial charge in [0.05, 0.1) is 0 Å². The van der Waals surface area contributed by atoms with Crippen molar-refractivity contribution in [3.05, 3.63) is 0 Å². The molecule has 58 valence electrons. The maximum Gasteiger partial charge on any atom is -0.0175 e. The summed E-state index contributed by atoms with van der Waals surface area (Å²) in [7, 11) is 1.12. The predicted octanol–water partition coefficient (Wildman–Crippen LogP) is 2.35. The van der Waals surface area contributed by atoms with Crippen LogP contribution in [0.25, 0.3) is 0 Å². The molecule has 0 N–H and O–H groups in total. The van der Waals surface area contributed by atoms with Crippen molar-refractivity contribution in [2.45, 2.75) is 20.3 Å². The van der Waals surface area contributed by atoms with Gasteiger partial charge in [0.15, 0.2) is 0 Å². The van der Waals surface area contributed by atoms with Crippen LogP contribution in [0, 0.1) is 0 Å². The Bertz CT molecular complexity index is 73.0. The molecule has 0 nitrogen and oxygen atoms in total. The van der Waals surface area contributed by atoms with Crippen LogP contribution in [0.4, 0.5) is 0 Å². The molecule has 9 heavy (non-hydrogen) atoms. The fourth-order valence-electron chi connectivity index (χ4n) is 1.43. The van der Waals surface area contributed by atoms with E-state index in [1.165, 1.54) is 11.5 Å². The van der Waals surface area contributed by atoms with E-state index in [-0.39, 0.29) is 0 Å². The van der Waals surface area contributed by atoms with E-state index in [1.54, 1.807) is 17.9 Å². The Balaban J connectivity index is 2.32. The van der Waals surface area contributed by atoms with Crippen molar-refractivity contribution in [1.29, 1.82) is 0 Å². The van der Waals surface area contributed by atoms with E-state index < -0.39 is 0 Å². The zero-order valence-electron chi connectivity index (χ0n) is 6.43. The number of hydrogen-bond acceptors (Lipinski definition) is 0. The predicted molar refractivity (Wildman–Crippen MR) is 53.4 cm³/mol. The minimum Gasteiger partial charge on any atom is -0.224 e. The van der Waals surface area contributed by atoms with E-state index in [2.05, 4.69) is 13.8 Å². The van der Waals surface area contributed by atoms with Gasteiger partial charge < -0.3 is 0 Å². The Labute approximate surface area is 63.5 Å². The van der Waals surface area contributed by atoms with Crippen molar-refractivity contribution in [3.8, 4) is 0 Å². The lowest BCUT2D eigenvalue weighted by Gasteiger charge is -2.24. The summed E-state index contributed by atoms with van der Waals surface area (Å²) in [6, 6.07) is 0. The fraction of sp³-hybridized carbons (Fsp3) is 1.00. The van der Waals surface area contributed by atoms with Crippen molar-refractivity contribution in [3.63, 3.8) is 0 Å². The highest BCUT2D eigenvalue weighted by molar-refractivity contribution is 8.93. The second-order valence-corrected chi connectivity index (χ2v) is 10.0. The zero-order valence-corrected chi connectivity index (χ0v) is 8.22. The number of thiol groups is 2. The standard InChI is InChI=1S/C7H18S2/c1-3-8-6-5-7-9(8)4-2/h8-9H,3-7H2,1-2H3. The zero-order chi connectivity index (χ0) is 6.69. The third-order valence-electron chi connectivity index (χ3n) is 1.96. The molecule has 0 aliphatic carbocycles. The summed E-state index contributed by atoms with van der Waals surface area (Å²) in [5, 5.41) is 0. The first-order valence-corrected chi connectivity index (χ1v) is 8.01. The molecule has 1 rings (SSSR count). The van der Waals surface area contributed by atoms with Gasteiger partial charge in [0.2, 0.25) is 0 Å². The van der Waals surface area contributed by atoms with Gasteiger partial charge in [-0.1, -0.05) is 13.8 Å². The van der Waals surface area contributed by atoms with Crippen LogP contribution < -0.4 is 0 Å². The Hall–Kier alpha value is 0.700. The van der Waals surface area contributed by atoms with E-state index in [1.807, 2.05) is 0 Å². The van der Waals surface area contributed by atoms with Gasteiger partial charge in [-0.25, -0.2) is 19.9 Å². The summed E-state index contributed by atoms with van der Waals surface area (Å²) in [6.45, 7) is 4.75. The van der Waals surface area contributed by atoms with Gasteiger partial charge >= 0.3 is 0 Å². The van der Waals surface area contributed by atoms with Gasteiger partial charge in [0, 0.05) is 0 Å². The summed E-state index contributed by atoms with van der Waals surface area (Å²) >= 11 is 0. The van der Waals surface area contributed by atoms with Crippen molar-refractivity contribution in [2.75, 3.05) is 23.0 Å². The summed E-state index contributed by atoms with van der Waals surface area (Å²) in [5.74, 6) is 6.22. The van der Waals surface area contributed by atoms with Gasteiger partial charge in [0.1, 0.15) is 0 Å². The minimum atomic E-state index is 0.558. The van der Waals surface area contributed by atoms with Gasteiger partial charge in [-0.05, 0) is 29.4 Å². The highest BCUT2D eigenvalue weighted by Crippen LogP contribution is 2.58. The van der Waals surface area contributed by atoms with Crippen LogP contribution in [0.1, 0.15) is 20.3 Å². The molecule has 0 aromatic carbocycles. The molecule has 0 amide bonds. The second kappa shape index (κ2) is 3.77. The molecular formula is C7H18S2. The van der Waals surface area contributed by atoms with Crippen LogP contribution in [-0.2, 0) is 0 Å². The first-order chi connectivity index (χ1) is 4.38. The Kier molecular flexibility index (Phi) is 3.27. The van der Waals surface area contributed by atoms with Crippen LogP contribution in [0.15, 0.2) is 0 Å². The van der Waals surface area contributed by atoms with Crippen molar-refractivity contribution in [1.82, 2.24) is 0 Å². The van der Waals surface area contributed by atoms with Crippen molar-refractivity contribution >= 4 is 19.9 Å². The molecule has 1 aliphatic heterocycles. The summed E-state index contributed by atoms with van der Waals surface area (Å²) in [5.41, 5.74) is 0. The van der Waals surface area contributed by atoms with E-state index in [9.17, 15) is 0 Å². The quantitative estimate of drug-likeness (QED) is 0.456. The van der Waals surface area contributed by atoms with Gasteiger partial charge in [-0.2, -0.15) is 0 Å². The molecule has 1 heterocycles. The molecule has 1 aliphatic rings. The molecule has 0 aromatic rings. The lowest BCUT2D eigenvalue weighted by Crippen LogP contribution is -1.84. The minimum absolute atomic E-state index is 0.558. The molecule has 0 saturated carbocycles.